The maximum absolute atomic E-state index is 10.2. The SMILES string of the molecule is COc1cc(C(O)CCc2cccnc2)ccc1Cl. The van der Waals surface area contributed by atoms with E-state index in [1.807, 2.05) is 24.4 Å². The summed E-state index contributed by atoms with van der Waals surface area (Å²) in [5.74, 6) is 0.583. The summed E-state index contributed by atoms with van der Waals surface area (Å²) in [4.78, 5) is 4.06. The molecule has 1 unspecified atom stereocenters. The van der Waals surface area contributed by atoms with Crippen molar-refractivity contribution >= 4 is 11.6 Å². The van der Waals surface area contributed by atoms with Crippen molar-refractivity contribution in [2.75, 3.05) is 7.11 Å². The number of aryl methyl sites for hydroxylation is 1. The van der Waals surface area contributed by atoms with Crippen LogP contribution in [0, 0.1) is 0 Å². The van der Waals surface area contributed by atoms with E-state index in [9.17, 15) is 5.11 Å². The summed E-state index contributed by atoms with van der Waals surface area (Å²) < 4.78 is 5.15. The molecule has 0 aliphatic carbocycles. The molecule has 1 atom stereocenters. The molecule has 1 aromatic carbocycles. The Balaban J connectivity index is 2.02. The Bertz CT molecular complexity index is 531. The molecule has 2 aromatic rings. The van der Waals surface area contributed by atoms with Gasteiger partial charge in [-0.1, -0.05) is 23.7 Å². The number of ether oxygens (including phenoxy) is 1. The van der Waals surface area contributed by atoms with Crippen molar-refractivity contribution in [3.05, 3.63) is 58.9 Å². The number of hydrogen-bond donors (Lipinski definition) is 1. The van der Waals surface area contributed by atoms with Gasteiger partial charge in [0.05, 0.1) is 18.2 Å². The van der Waals surface area contributed by atoms with E-state index in [0.717, 1.165) is 17.5 Å². The summed E-state index contributed by atoms with van der Waals surface area (Å²) in [7, 11) is 1.56. The van der Waals surface area contributed by atoms with Gasteiger partial charge < -0.3 is 9.84 Å². The molecular formula is C15H16ClNO2. The van der Waals surface area contributed by atoms with Crippen LogP contribution in [0.2, 0.25) is 5.02 Å². The zero-order valence-corrected chi connectivity index (χ0v) is 11.5. The van der Waals surface area contributed by atoms with Gasteiger partial charge in [-0.15, -0.1) is 0 Å². The zero-order valence-electron chi connectivity index (χ0n) is 10.7. The van der Waals surface area contributed by atoms with Crippen molar-refractivity contribution in [1.82, 2.24) is 4.98 Å². The highest BCUT2D eigenvalue weighted by molar-refractivity contribution is 6.32. The molecule has 0 aliphatic rings. The minimum atomic E-state index is -0.536. The second kappa shape index (κ2) is 6.55. The van der Waals surface area contributed by atoms with Crippen LogP contribution in [0.25, 0.3) is 0 Å². The van der Waals surface area contributed by atoms with Gasteiger partial charge >= 0.3 is 0 Å². The molecule has 19 heavy (non-hydrogen) atoms. The number of benzene rings is 1. The minimum Gasteiger partial charge on any atom is -0.495 e. The highest BCUT2D eigenvalue weighted by Gasteiger charge is 2.10. The zero-order chi connectivity index (χ0) is 13.7. The fraction of sp³-hybridized carbons (Fsp3) is 0.267. The predicted octanol–water partition coefficient (Wildman–Crippen LogP) is 3.41. The molecule has 0 saturated carbocycles. The molecule has 1 aromatic heterocycles. The minimum absolute atomic E-state index is 0.536. The highest BCUT2D eigenvalue weighted by Crippen LogP contribution is 2.29. The number of rotatable bonds is 5. The van der Waals surface area contributed by atoms with E-state index in [1.54, 1.807) is 25.4 Å². The molecule has 0 spiro atoms. The fourth-order valence-corrected chi connectivity index (χ4v) is 2.09. The van der Waals surface area contributed by atoms with Crippen LogP contribution in [-0.2, 0) is 6.42 Å². The van der Waals surface area contributed by atoms with Gasteiger partial charge in [0.1, 0.15) is 5.75 Å². The van der Waals surface area contributed by atoms with Crippen molar-refractivity contribution in [2.24, 2.45) is 0 Å². The van der Waals surface area contributed by atoms with Crippen LogP contribution < -0.4 is 4.74 Å². The highest BCUT2D eigenvalue weighted by atomic mass is 35.5. The average molecular weight is 278 g/mol. The maximum atomic E-state index is 10.2. The molecule has 0 aliphatic heterocycles. The third kappa shape index (κ3) is 3.69. The topological polar surface area (TPSA) is 42.4 Å². The van der Waals surface area contributed by atoms with E-state index in [4.69, 9.17) is 16.3 Å². The lowest BCUT2D eigenvalue weighted by molar-refractivity contribution is 0.167. The first-order chi connectivity index (χ1) is 9.20. The Morgan fingerprint density at radius 3 is 2.89 bits per heavy atom. The second-order valence-corrected chi connectivity index (χ2v) is 4.72. The number of halogens is 1. The molecule has 0 radical (unpaired) electrons. The predicted molar refractivity (Wildman–Crippen MR) is 75.5 cm³/mol. The summed E-state index contributed by atoms with van der Waals surface area (Å²) in [6.07, 6.45) is 4.43. The first-order valence-corrected chi connectivity index (χ1v) is 6.49. The smallest absolute Gasteiger partial charge is 0.137 e. The summed E-state index contributed by atoms with van der Waals surface area (Å²) in [6.45, 7) is 0. The summed E-state index contributed by atoms with van der Waals surface area (Å²) in [5.41, 5.74) is 1.92. The fourth-order valence-electron chi connectivity index (χ4n) is 1.90. The van der Waals surface area contributed by atoms with Gasteiger partial charge in [-0.05, 0) is 42.2 Å². The van der Waals surface area contributed by atoms with Gasteiger partial charge in [0, 0.05) is 12.4 Å². The third-order valence-electron chi connectivity index (χ3n) is 2.99. The van der Waals surface area contributed by atoms with Gasteiger partial charge in [0.25, 0.3) is 0 Å². The van der Waals surface area contributed by atoms with E-state index in [2.05, 4.69) is 4.98 Å². The number of methoxy groups -OCH3 is 1. The molecule has 2 rings (SSSR count). The van der Waals surface area contributed by atoms with Crippen molar-refractivity contribution in [2.45, 2.75) is 18.9 Å². The Labute approximate surface area is 117 Å². The molecule has 0 saturated heterocycles. The molecule has 3 nitrogen and oxygen atoms in total. The lowest BCUT2D eigenvalue weighted by Crippen LogP contribution is -2.00. The standard InChI is InChI=1S/C15H16ClNO2/c1-19-15-9-12(5-6-13(15)16)14(18)7-4-11-3-2-8-17-10-11/h2-3,5-6,8-10,14,18H,4,7H2,1H3. The van der Waals surface area contributed by atoms with Gasteiger partial charge in [-0.3, -0.25) is 4.98 Å². The Morgan fingerprint density at radius 1 is 1.37 bits per heavy atom. The molecule has 0 bridgehead atoms. The van der Waals surface area contributed by atoms with Crippen LogP contribution in [0.4, 0.5) is 0 Å². The lowest BCUT2D eigenvalue weighted by atomic mass is 10.0. The van der Waals surface area contributed by atoms with Crippen molar-refractivity contribution in [3.63, 3.8) is 0 Å². The summed E-state index contributed by atoms with van der Waals surface area (Å²) in [5, 5.41) is 10.7. The Kier molecular flexibility index (Phi) is 4.77. The van der Waals surface area contributed by atoms with Crippen LogP contribution in [-0.4, -0.2) is 17.2 Å². The van der Waals surface area contributed by atoms with Crippen LogP contribution >= 0.6 is 11.6 Å². The van der Waals surface area contributed by atoms with Gasteiger partial charge in [0.15, 0.2) is 0 Å². The lowest BCUT2D eigenvalue weighted by Gasteiger charge is -2.13. The monoisotopic (exact) mass is 277 g/mol. The number of aromatic nitrogens is 1. The first-order valence-electron chi connectivity index (χ1n) is 6.11. The second-order valence-electron chi connectivity index (χ2n) is 4.31. The Hall–Kier alpha value is -1.58. The Morgan fingerprint density at radius 2 is 2.21 bits per heavy atom. The molecule has 0 fully saturated rings. The van der Waals surface area contributed by atoms with Crippen LogP contribution in [0.1, 0.15) is 23.7 Å². The van der Waals surface area contributed by atoms with Crippen LogP contribution in [0.3, 0.4) is 0 Å². The molecule has 0 amide bonds. The first kappa shape index (κ1) is 13.8. The quantitative estimate of drug-likeness (QED) is 0.911. The molecule has 1 N–H and O–H groups in total. The number of hydrogen-bond acceptors (Lipinski definition) is 3. The number of pyridine rings is 1. The van der Waals surface area contributed by atoms with Crippen molar-refractivity contribution in [1.29, 1.82) is 0 Å². The normalized spacial score (nSPS) is 12.2. The average Bonchev–Trinajstić information content (AvgIpc) is 2.46. The van der Waals surface area contributed by atoms with E-state index in [-0.39, 0.29) is 0 Å². The van der Waals surface area contributed by atoms with Crippen LogP contribution in [0.5, 0.6) is 5.75 Å². The molecule has 1 heterocycles. The number of nitrogens with zero attached hydrogens (tertiary/aromatic N) is 1. The van der Waals surface area contributed by atoms with Gasteiger partial charge in [-0.25, -0.2) is 0 Å². The largest absolute Gasteiger partial charge is 0.495 e. The summed E-state index contributed by atoms with van der Waals surface area (Å²) >= 11 is 5.96. The van der Waals surface area contributed by atoms with E-state index in [0.29, 0.717) is 17.2 Å². The van der Waals surface area contributed by atoms with E-state index >= 15 is 0 Å². The number of aliphatic hydroxyl groups is 1. The van der Waals surface area contributed by atoms with Gasteiger partial charge in [0.2, 0.25) is 0 Å². The number of aliphatic hydroxyl groups excluding tert-OH is 1. The van der Waals surface area contributed by atoms with Crippen LogP contribution in [0.15, 0.2) is 42.7 Å². The van der Waals surface area contributed by atoms with E-state index in [1.165, 1.54) is 0 Å². The molecule has 100 valence electrons. The molecule has 4 heteroatoms. The maximum Gasteiger partial charge on any atom is 0.137 e. The van der Waals surface area contributed by atoms with Gasteiger partial charge in [-0.2, -0.15) is 0 Å². The van der Waals surface area contributed by atoms with E-state index < -0.39 is 6.10 Å². The third-order valence-corrected chi connectivity index (χ3v) is 3.30. The molecular weight excluding hydrogens is 262 g/mol. The van der Waals surface area contributed by atoms with Crippen molar-refractivity contribution < 1.29 is 9.84 Å². The van der Waals surface area contributed by atoms with Crippen molar-refractivity contribution in [3.8, 4) is 5.75 Å². The summed E-state index contributed by atoms with van der Waals surface area (Å²) in [6, 6.07) is 9.23.